The van der Waals surface area contributed by atoms with Gasteiger partial charge in [-0.15, -0.1) is 0 Å². The van der Waals surface area contributed by atoms with Crippen molar-refractivity contribution in [3.05, 3.63) is 45.8 Å². The molecule has 0 aromatic carbocycles. The maximum atomic E-state index is 2.04. The van der Waals surface area contributed by atoms with Crippen molar-refractivity contribution in [2.45, 2.75) is 0 Å². The molecule has 0 unspecified atom stereocenters. The van der Waals surface area contributed by atoms with E-state index >= 15 is 0 Å². The van der Waals surface area contributed by atoms with Crippen LogP contribution in [0.4, 0.5) is 0 Å². The van der Waals surface area contributed by atoms with E-state index in [2.05, 4.69) is 0 Å². The standard InChI is InChI=1S/2C4H4S/c2*1-2-4-5-3-1/h2*1-4H. The molecule has 2 aromatic rings. The highest BCUT2D eigenvalue weighted by atomic mass is 32.1. The van der Waals surface area contributed by atoms with Crippen molar-refractivity contribution < 1.29 is 0 Å². The molecule has 2 aromatic heterocycles. The lowest BCUT2D eigenvalue weighted by molar-refractivity contribution is 2.03. The Balaban J connectivity index is 0.0000001000. The molecule has 0 saturated heterocycles. The lowest BCUT2D eigenvalue weighted by Crippen LogP contribution is -1.16. The van der Waals surface area contributed by atoms with Crippen molar-refractivity contribution in [3.8, 4) is 0 Å². The highest BCUT2D eigenvalue weighted by Crippen LogP contribution is 1.92. The Hall–Kier alpha value is -0.600. The summed E-state index contributed by atoms with van der Waals surface area (Å²) < 4.78 is 0. The van der Waals surface area contributed by atoms with Gasteiger partial charge in [0.05, 0.1) is 0 Å². The largest absolute Gasteiger partial charge is 0.152 e. The van der Waals surface area contributed by atoms with Gasteiger partial charge in [-0.25, -0.2) is 0 Å². The number of hydrogen-bond acceptors (Lipinski definition) is 2. The van der Waals surface area contributed by atoms with Gasteiger partial charge < -0.3 is 0 Å². The Labute approximate surface area is 68.8 Å². The highest BCUT2D eigenvalue weighted by Gasteiger charge is 1.59. The summed E-state index contributed by atoms with van der Waals surface area (Å²) in [5.74, 6) is 0. The third-order valence-corrected chi connectivity index (χ3v) is 2.11. The van der Waals surface area contributed by atoms with E-state index in [1.807, 2.05) is 45.8 Å². The third-order valence-electron chi connectivity index (χ3n) is 0.851. The van der Waals surface area contributed by atoms with Crippen molar-refractivity contribution in [1.29, 1.82) is 0 Å². The Morgan fingerprint density at radius 3 is 0.900 bits per heavy atom. The number of hydrogen-bond donors (Lipinski definition) is 0. The fourth-order valence-electron chi connectivity index (χ4n) is 0.454. The van der Waals surface area contributed by atoms with Crippen LogP contribution < -0.4 is 0 Å². The van der Waals surface area contributed by atoms with E-state index < -0.39 is 0 Å². The van der Waals surface area contributed by atoms with Gasteiger partial charge in [0.15, 0.2) is 0 Å². The van der Waals surface area contributed by atoms with E-state index in [1.54, 1.807) is 22.7 Å². The molecule has 0 fully saturated rings. The van der Waals surface area contributed by atoms with E-state index in [9.17, 15) is 0 Å². The average molecular weight is 168 g/mol. The fraction of sp³-hybridized carbons (Fsp3) is 0. The molecule has 0 radical (unpaired) electrons. The highest BCUT2D eigenvalue weighted by molar-refractivity contribution is 7.08. The molecule has 0 aliphatic heterocycles. The third kappa shape index (κ3) is 3.43. The van der Waals surface area contributed by atoms with Crippen molar-refractivity contribution >= 4 is 22.7 Å². The predicted molar refractivity (Wildman–Crippen MR) is 48.6 cm³/mol. The minimum absolute atomic E-state index is 1.71. The zero-order valence-corrected chi connectivity index (χ0v) is 7.07. The smallest absolute Gasteiger partial charge is 0.00934 e. The van der Waals surface area contributed by atoms with Crippen LogP contribution in [0.1, 0.15) is 0 Å². The normalized spacial score (nSPS) is 8.00. The topological polar surface area (TPSA) is 0 Å². The van der Waals surface area contributed by atoms with Crippen molar-refractivity contribution in [2.24, 2.45) is 0 Å². The van der Waals surface area contributed by atoms with Crippen LogP contribution >= 0.6 is 22.7 Å². The molecular formula is C8H8S2. The predicted octanol–water partition coefficient (Wildman–Crippen LogP) is 3.50. The van der Waals surface area contributed by atoms with Gasteiger partial charge in [-0.05, 0) is 21.5 Å². The SMILES string of the molecule is c1ccsc1.c1ccsc1. The Morgan fingerprint density at radius 1 is 0.500 bits per heavy atom. The Kier molecular flexibility index (Phi) is 3.91. The monoisotopic (exact) mass is 168 g/mol. The zero-order valence-electron chi connectivity index (χ0n) is 5.44. The van der Waals surface area contributed by atoms with E-state index in [1.165, 1.54) is 0 Å². The second-order valence-corrected chi connectivity index (χ2v) is 3.22. The summed E-state index contributed by atoms with van der Waals surface area (Å²) in [6.45, 7) is 0. The van der Waals surface area contributed by atoms with Crippen molar-refractivity contribution in [3.63, 3.8) is 0 Å². The molecule has 0 amide bonds. The molecule has 0 aliphatic rings. The van der Waals surface area contributed by atoms with E-state index in [0.29, 0.717) is 0 Å². The Bertz CT molecular complexity index is 146. The summed E-state index contributed by atoms with van der Waals surface area (Å²) in [4.78, 5) is 0. The van der Waals surface area contributed by atoms with Gasteiger partial charge in [-0.2, -0.15) is 22.7 Å². The molecule has 52 valence electrons. The van der Waals surface area contributed by atoms with Gasteiger partial charge in [-0.1, -0.05) is 24.3 Å². The molecule has 2 rings (SSSR count). The van der Waals surface area contributed by atoms with Crippen LogP contribution in [0, 0.1) is 0 Å². The molecule has 0 saturated carbocycles. The van der Waals surface area contributed by atoms with E-state index in [4.69, 9.17) is 0 Å². The van der Waals surface area contributed by atoms with Crippen LogP contribution in [0.3, 0.4) is 0 Å². The van der Waals surface area contributed by atoms with Gasteiger partial charge in [0.25, 0.3) is 0 Å². The van der Waals surface area contributed by atoms with Crippen LogP contribution in [-0.2, 0) is 0 Å². The summed E-state index contributed by atoms with van der Waals surface area (Å²) in [7, 11) is 0. The first-order valence-electron chi connectivity index (χ1n) is 2.94. The molecule has 0 atom stereocenters. The van der Waals surface area contributed by atoms with Gasteiger partial charge in [0.1, 0.15) is 0 Å². The quantitative estimate of drug-likeness (QED) is 0.565. The van der Waals surface area contributed by atoms with Crippen LogP contribution in [-0.4, -0.2) is 0 Å². The fourth-order valence-corrected chi connectivity index (χ4v) is 1.36. The van der Waals surface area contributed by atoms with Gasteiger partial charge in [0, 0.05) is 0 Å². The number of thiophene rings is 2. The van der Waals surface area contributed by atoms with Gasteiger partial charge in [0.2, 0.25) is 0 Å². The second-order valence-electron chi connectivity index (χ2n) is 1.59. The zero-order chi connectivity index (χ0) is 7.07. The van der Waals surface area contributed by atoms with Crippen molar-refractivity contribution in [1.82, 2.24) is 0 Å². The lowest BCUT2D eigenvalue weighted by Gasteiger charge is -1.39. The second kappa shape index (κ2) is 5.21. The van der Waals surface area contributed by atoms with Crippen LogP contribution in [0.25, 0.3) is 0 Å². The first-order chi connectivity index (χ1) is 5.00. The molecule has 2 heterocycles. The van der Waals surface area contributed by atoms with Gasteiger partial charge in [-0.3, -0.25) is 0 Å². The first-order valence-corrected chi connectivity index (χ1v) is 4.83. The molecular weight excluding hydrogens is 160 g/mol. The molecule has 0 spiro atoms. The maximum Gasteiger partial charge on any atom is -0.00934 e. The average Bonchev–Trinajstić information content (AvgIpc) is 2.67. The molecule has 0 N–H and O–H groups in total. The Morgan fingerprint density at radius 2 is 0.800 bits per heavy atom. The van der Waals surface area contributed by atoms with Crippen LogP contribution in [0.5, 0.6) is 0 Å². The van der Waals surface area contributed by atoms with E-state index in [-0.39, 0.29) is 0 Å². The lowest BCUT2D eigenvalue weighted by atomic mass is 10.7. The summed E-state index contributed by atoms with van der Waals surface area (Å²) >= 11 is 3.43. The molecule has 0 aliphatic carbocycles. The summed E-state index contributed by atoms with van der Waals surface area (Å²) in [5.41, 5.74) is 0. The minimum atomic E-state index is 1.71. The molecule has 0 bridgehead atoms. The molecule has 0 nitrogen and oxygen atoms in total. The van der Waals surface area contributed by atoms with Gasteiger partial charge >= 0.3 is 0 Å². The minimum Gasteiger partial charge on any atom is -0.152 e. The van der Waals surface area contributed by atoms with Crippen LogP contribution in [0.2, 0.25) is 0 Å². The summed E-state index contributed by atoms with van der Waals surface area (Å²) in [6.07, 6.45) is 0. The van der Waals surface area contributed by atoms with Crippen LogP contribution in [0.15, 0.2) is 45.8 Å². The molecule has 2 heteroatoms. The maximum absolute atomic E-state index is 2.04. The first kappa shape index (κ1) is 7.51. The number of rotatable bonds is 0. The summed E-state index contributed by atoms with van der Waals surface area (Å²) in [6, 6.07) is 8.07. The van der Waals surface area contributed by atoms with E-state index in [0.717, 1.165) is 0 Å². The van der Waals surface area contributed by atoms with Crippen molar-refractivity contribution in [2.75, 3.05) is 0 Å². The summed E-state index contributed by atoms with van der Waals surface area (Å²) in [5, 5.41) is 8.17. The molecule has 10 heavy (non-hydrogen) atoms.